The third-order valence-corrected chi connectivity index (χ3v) is 7.40. The van der Waals surface area contributed by atoms with Gasteiger partial charge in [0.05, 0.1) is 0 Å². The van der Waals surface area contributed by atoms with E-state index in [4.69, 9.17) is 0 Å². The highest BCUT2D eigenvalue weighted by Gasteiger charge is 2.44. The van der Waals surface area contributed by atoms with Crippen LogP contribution in [-0.2, 0) is 5.04 Å². The predicted octanol–water partition coefficient (Wildman–Crippen LogP) is 3.14. The Hall–Kier alpha value is -0.823. The molecule has 1 aliphatic carbocycles. The molecular weight excluding hydrogens is 184 g/mol. The van der Waals surface area contributed by atoms with E-state index in [1.165, 1.54) is 12.0 Å². The second-order valence-corrected chi connectivity index (χ2v) is 8.71. The summed E-state index contributed by atoms with van der Waals surface area (Å²) in [5.74, 6) is 0. The first-order chi connectivity index (χ1) is 6.81. The summed E-state index contributed by atoms with van der Waals surface area (Å²) < 4.78 is 0. The van der Waals surface area contributed by atoms with Gasteiger partial charge in [-0.2, -0.15) is 0 Å². The highest BCUT2D eigenvalue weighted by atomic mass is 28.3. The van der Waals surface area contributed by atoms with Crippen molar-refractivity contribution in [1.29, 1.82) is 0 Å². The SMILES string of the molecule is CC1([SiH]2CC2)CC=Cc2ccccc21. The maximum Gasteiger partial charge on any atom is 0.0483 e. The number of rotatable bonds is 1. The molecule has 2 aliphatic rings. The topological polar surface area (TPSA) is 0 Å². The van der Waals surface area contributed by atoms with Crippen LogP contribution in [-0.4, -0.2) is 8.80 Å². The van der Waals surface area contributed by atoms with Crippen molar-refractivity contribution in [1.82, 2.24) is 0 Å². The fraction of sp³-hybridized carbons (Fsp3) is 0.385. The van der Waals surface area contributed by atoms with Gasteiger partial charge >= 0.3 is 0 Å². The fourth-order valence-electron chi connectivity index (χ4n) is 2.81. The van der Waals surface area contributed by atoms with Crippen molar-refractivity contribution in [3.8, 4) is 0 Å². The van der Waals surface area contributed by atoms with Crippen LogP contribution in [0.15, 0.2) is 30.3 Å². The van der Waals surface area contributed by atoms with E-state index in [1.54, 1.807) is 17.7 Å². The maximum atomic E-state index is 2.50. The minimum atomic E-state index is -0.405. The highest BCUT2D eigenvalue weighted by molar-refractivity contribution is 6.72. The van der Waals surface area contributed by atoms with Gasteiger partial charge in [-0.1, -0.05) is 55.4 Å². The summed E-state index contributed by atoms with van der Waals surface area (Å²) in [5, 5.41) is 0.575. The number of hydrogen-bond acceptors (Lipinski definition) is 0. The molecule has 14 heavy (non-hydrogen) atoms. The van der Waals surface area contributed by atoms with Gasteiger partial charge < -0.3 is 0 Å². The van der Waals surface area contributed by atoms with Gasteiger partial charge in [-0.15, -0.1) is 0 Å². The molecule has 0 nitrogen and oxygen atoms in total. The molecule has 1 fully saturated rings. The molecule has 0 radical (unpaired) electrons. The van der Waals surface area contributed by atoms with E-state index in [-0.39, 0.29) is 0 Å². The fourth-order valence-corrected chi connectivity index (χ4v) is 5.92. The molecule has 1 saturated heterocycles. The van der Waals surface area contributed by atoms with E-state index >= 15 is 0 Å². The number of allylic oxidation sites excluding steroid dienone is 1. The lowest BCUT2D eigenvalue weighted by molar-refractivity contribution is 0.667. The first-order valence-electron chi connectivity index (χ1n) is 5.57. The molecule has 1 unspecified atom stereocenters. The molecule has 0 spiro atoms. The van der Waals surface area contributed by atoms with Crippen LogP contribution in [0.2, 0.25) is 12.1 Å². The van der Waals surface area contributed by atoms with Crippen LogP contribution in [0.4, 0.5) is 0 Å². The van der Waals surface area contributed by atoms with Crippen molar-refractivity contribution < 1.29 is 0 Å². The third kappa shape index (κ3) is 1.12. The normalized spacial score (nSPS) is 30.1. The van der Waals surface area contributed by atoms with Gasteiger partial charge in [-0.05, 0) is 22.6 Å². The standard InChI is InChI=1S/C13H16Si/c1-13(14-9-10-14)8-4-6-11-5-2-3-7-12(11)13/h2-7,14H,8-10H2,1H3. The molecule has 72 valence electrons. The third-order valence-electron chi connectivity index (χ3n) is 3.89. The summed E-state index contributed by atoms with van der Waals surface area (Å²) in [6, 6.07) is 12.1. The van der Waals surface area contributed by atoms with E-state index in [9.17, 15) is 0 Å². The number of fused-ring (bicyclic) bond motifs is 1. The van der Waals surface area contributed by atoms with E-state index in [0.29, 0.717) is 5.04 Å². The number of hydrogen-bond donors (Lipinski definition) is 0. The first kappa shape index (κ1) is 8.48. The van der Waals surface area contributed by atoms with Crippen molar-refractivity contribution in [2.45, 2.75) is 30.5 Å². The molecule has 0 saturated carbocycles. The van der Waals surface area contributed by atoms with Crippen molar-refractivity contribution in [2.24, 2.45) is 0 Å². The van der Waals surface area contributed by atoms with Crippen LogP contribution in [0.3, 0.4) is 0 Å². The average Bonchev–Trinajstić information content (AvgIpc) is 3.02. The van der Waals surface area contributed by atoms with Gasteiger partial charge in [-0.3, -0.25) is 0 Å². The van der Waals surface area contributed by atoms with Gasteiger partial charge in [0.15, 0.2) is 0 Å². The van der Waals surface area contributed by atoms with Crippen LogP contribution in [0.5, 0.6) is 0 Å². The van der Waals surface area contributed by atoms with E-state index < -0.39 is 8.80 Å². The zero-order chi connectivity index (χ0) is 9.60. The van der Waals surface area contributed by atoms with Crippen molar-refractivity contribution in [2.75, 3.05) is 0 Å². The molecule has 1 aliphatic heterocycles. The van der Waals surface area contributed by atoms with E-state index in [0.717, 1.165) is 0 Å². The molecule has 1 heterocycles. The summed E-state index contributed by atoms with van der Waals surface area (Å²) in [4.78, 5) is 0. The largest absolute Gasteiger partial charge is 0.0834 e. The number of benzene rings is 1. The molecule has 0 bridgehead atoms. The Morgan fingerprint density at radius 3 is 2.79 bits per heavy atom. The quantitative estimate of drug-likeness (QED) is 0.611. The Bertz CT molecular complexity index is 390. The summed E-state index contributed by atoms with van der Waals surface area (Å²) in [5.41, 5.74) is 3.11. The Labute approximate surface area is 87.3 Å². The molecule has 1 heteroatoms. The smallest absolute Gasteiger partial charge is 0.0483 e. The van der Waals surface area contributed by atoms with Crippen molar-refractivity contribution in [3.05, 3.63) is 41.5 Å². The molecule has 0 N–H and O–H groups in total. The summed E-state index contributed by atoms with van der Waals surface area (Å²) in [6.07, 6.45) is 5.97. The molecule has 0 amide bonds. The van der Waals surface area contributed by atoms with Gasteiger partial charge in [0, 0.05) is 8.80 Å². The van der Waals surface area contributed by atoms with Crippen LogP contribution < -0.4 is 0 Å². The predicted molar refractivity (Wildman–Crippen MR) is 64.2 cm³/mol. The Balaban J connectivity index is 2.14. The van der Waals surface area contributed by atoms with E-state index in [2.05, 4.69) is 43.3 Å². The Kier molecular flexibility index (Phi) is 1.72. The Morgan fingerprint density at radius 1 is 1.21 bits per heavy atom. The lowest BCUT2D eigenvalue weighted by Gasteiger charge is -2.33. The maximum absolute atomic E-state index is 2.50. The molecule has 3 rings (SSSR count). The molecule has 1 aromatic rings. The molecule has 1 atom stereocenters. The van der Waals surface area contributed by atoms with Crippen LogP contribution in [0.1, 0.15) is 24.5 Å². The van der Waals surface area contributed by atoms with Crippen LogP contribution in [0, 0.1) is 0 Å². The average molecular weight is 200 g/mol. The summed E-state index contributed by atoms with van der Waals surface area (Å²) in [7, 11) is -0.405. The second-order valence-electron chi connectivity index (χ2n) is 4.89. The molecular formula is C13H16Si. The van der Waals surface area contributed by atoms with Crippen LogP contribution >= 0.6 is 0 Å². The second kappa shape index (κ2) is 2.83. The molecule has 1 aromatic carbocycles. The zero-order valence-corrected chi connectivity index (χ0v) is 9.82. The van der Waals surface area contributed by atoms with E-state index in [1.807, 2.05) is 0 Å². The minimum Gasteiger partial charge on any atom is -0.0834 e. The van der Waals surface area contributed by atoms with Crippen molar-refractivity contribution in [3.63, 3.8) is 0 Å². The van der Waals surface area contributed by atoms with Gasteiger partial charge in [-0.25, -0.2) is 0 Å². The first-order valence-corrected chi connectivity index (χ1v) is 7.78. The lowest BCUT2D eigenvalue weighted by atomic mass is 9.87. The summed E-state index contributed by atoms with van der Waals surface area (Å²) >= 11 is 0. The Morgan fingerprint density at radius 2 is 2.00 bits per heavy atom. The molecule has 0 aromatic heterocycles. The van der Waals surface area contributed by atoms with Gasteiger partial charge in [0.2, 0.25) is 0 Å². The lowest BCUT2D eigenvalue weighted by Crippen LogP contribution is -2.32. The van der Waals surface area contributed by atoms with Gasteiger partial charge in [0.1, 0.15) is 0 Å². The zero-order valence-electron chi connectivity index (χ0n) is 8.66. The summed E-state index contributed by atoms with van der Waals surface area (Å²) in [6.45, 7) is 2.50. The monoisotopic (exact) mass is 200 g/mol. The van der Waals surface area contributed by atoms with Crippen molar-refractivity contribution >= 4 is 14.9 Å². The highest BCUT2D eigenvalue weighted by Crippen LogP contribution is 2.46. The van der Waals surface area contributed by atoms with Gasteiger partial charge in [0.25, 0.3) is 0 Å². The van der Waals surface area contributed by atoms with Crippen LogP contribution in [0.25, 0.3) is 6.08 Å². The minimum absolute atomic E-state index is 0.405.